The van der Waals surface area contributed by atoms with Gasteiger partial charge in [-0.25, -0.2) is 9.97 Å². The second-order valence-corrected chi connectivity index (χ2v) is 8.21. The molecule has 28 heavy (non-hydrogen) atoms. The molecular weight excluding hydrogens is 395 g/mol. The van der Waals surface area contributed by atoms with E-state index >= 15 is 0 Å². The standard InChI is InChI=1S/C20H20Cl2N6/c21-14-6-5-13(8-15(14)22)17-2-1-7-28(17)20-10-18(23-11-24-20)25-19-9-16(26-27-19)12-3-4-12/h5-6,8-12,17H,1-4,7H2,(H2,23,24,25,26,27). The van der Waals surface area contributed by atoms with Crippen molar-refractivity contribution in [2.75, 3.05) is 16.8 Å². The highest BCUT2D eigenvalue weighted by molar-refractivity contribution is 6.42. The van der Waals surface area contributed by atoms with Crippen LogP contribution in [-0.2, 0) is 0 Å². The average Bonchev–Trinajstić information content (AvgIpc) is 3.24. The van der Waals surface area contributed by atoms with Crippen molar-refractivity contribution in [3.05, 3.63) is 58.0 Å². The molecule has 0 spiro atoms. The molecule has 1 aliphatic carbocycles. The van der Waals surface area contributed by atoms with Gasteiger partial charge in [-0.3, -0.25) is 5.10 Å². The second kappa shape index (κ2) is 7.26. The quantitative estimate of drug-likeness (QED) is 0.579. The summed E-state index contributed by atoms with van der Waals surface area (Å²) in [6.45, 7) is 0.940. The van der Waals surface area contributed by atoms with Crippen molar-refractivity contribution in [3.8, 4) is 0 Å². The molecule has 2 N–H and O–H groups in total. The maximum atomic E-state index is 6.23. The van der Waals surface area contributed by atoms with Crippen LogP contribution < -0.4 is 10.2 Å². The van der Waals surface area contributed by atoms with Gasteiger partial charge < -0.3 is 10.2 Å². The Labute approximate surface area is 173 Å². The highest BCUT2D eigenvalue weighted by atomic mass is 35.5. The lowest BCUT2D eigenvalue weighted by atomic mass is 10.0. The fourth-order valence-corrected chi connectivity index (χ4v) is 4.12. The van der Waals surface area contributed by atoms with Gasteiger partial charge in [0.15, 0.2) is 5.82 Å². The number of benzene rings is 1. The predicted molar refractivity (Wildman–Crippen MR) is 112 cm³/mol. The Morgan fingerprint density at radius 2 is 1.89 bits per heavy atom. The molecule has 1 aliphatic heterocycles. The van der Waals surface area contributed by atoms with E-state index in [0.29, 0.717) is 16.0 Å². The summed E-state index contributed by atoms with van der Waals surface area (Å²) in [6, 6.07) is 10.1. The normalized spacial score (nSPS) is 19.2. The number of hydrogen-bond donors (Lipinski definition) is 2. The van der Waals surface area contributed by atoms with Crippen molar-refractivity contribution in [2.24, 2.45) is 0 Å². The Hall–Kier alpha value is -2.31. The maximum absolute atomic E-state index is 6.23. The van der Waals surface area contributed by atoms with Gasteiger partial charge >= 0.3 is 0 Å². The molecular formula is C20H20Cl2N6. The molecule has 0 bridgehead atoms. The highest BCUT2D eigenvalue weighted by Crippen LogP contribution is 2.40. The number of H-pyrrole nitrogens is 1. The van der Waals surface area contributed by atoms with E-state index < -0.39 is 0 Å². The monoisotopic (exact) mass is 414 g/mol. The first-order chi connectivity index (χ1) is 13.7. The van der Waals surface area contributed by atoms with Crippen LogP contribution in [-0.4, -0.2) is 26.7 Å². The molecule has 3 heterocycles. The summed E-state index contributed by atoms with van der Waals surface area (Å²) in [4.78, 5) is 11.2. The fraction of sp³-hybridized carbons (Fsp3) is 0.350. The molecule has 0 amide bonds. The first kappa shape index (κ1) is 17.8. The van der Waals surface area contributed by atoms with E-state index in [1.165, 1.54) is 18.5 Å². The minimum Gasteiger partial charge on any atom is -0.349 e. The first-order valence-electron chi connectivity index (χ1n) is 9.53. The molecule has 3 aromatic rings. The third-order valence-electron chi connectivity index (χ3n) is 5.40. The number of rotatable bonds is 5. The Morgan fingerprint density at radius 3 is 2.71 bits per heavy atom. The molecule has 2 fully saturated rings. The summed E-state index contributed by atoms with van der Waals surface area (Å²) in [7, 11) is 0. The molecule has 6 nitrogen and oxygen atoms in total. The van der Waals surface area contributed by atoms with Crippen molar-refractivity contribution < 1.29 is 0 Å². The van der Waals surface area contributed by atoms with Gasteiger partial charge in [-0.05, 0) is 43.4 Å². The van der Waals surface area contributed by atoms with Crippen LogP contribution in [0, 0.1) is 0 Å². The van der Waals surface area contributed by atoms with Crippen LogP contribution in [0.4, 0.5) is 17.5 Å². The molecule has 5 rings (SSSR count). The molecule has 144 valence electrons. The zero-order valence-electron chi connectivity index (χ0n) is 15.2. The largest absolute Gasteiger partial charge is 0.349 e. The van der Waals surface area contributed by atoms with Gasteiger partial charge in [0, 0.05) is 30.3 Å². The highest BCUT2D eigenvalue weighted by Gasteiger charge is 2.28. The number of hydrogen-bond acceptors (Lipinski definition) is 5. The third kappa shape index (κ3) is 3.54. The molecule has 1 saturated carbocycles. The lowest BCUT2D eigenvalue weighted by Gasteiger charge is -2.26. The summed E-state index contributed by atoms with van der Waals surface area (Å²) in [6.07, 6.45) is 6.22. The molecule has 2 aliphatic rings. The van der Waals surface area contributed by atoms with Crippen molar-refractivity contribution in [1.29, 1.82) is 0 Å². The number of nitrogens with one attached hydrogen (secondary N) is 2. The van der Waals surface area contributed by atoms with Crippen LogP contribution in [0.15, 0.2) is 36.7 Å². The summed E-state index contributed by atoms with van der Waals surface area (Å²) < 4.78 is 0. The van der Waals surface area contributed by atoms with Crippen LogP contribution in [0.2, 0.25) is 10.0 Å². The SMILES string of the molecule is Clc1ccc(C2CCCN2c2cc(Nc3cc(C4CC4)[nH]n3)ncn2)cc1Cl. The van der Waals surface area contributed by atoms with E-state index in [2.05, 4.69) is 36.4 Å². The lowest BCUT2D eigenvalue weighted by Crippen LogP contribution is -2.23. The van der Waals surface area contributed by atoms with Gasteiger partial charge in [-0.15, -0.1) is 0 Å². The second-order valence-electron chi connectivity index (χ2n) is 7.39. The van der Waals surface area contributed by atoms with Crippen molar-refractivity contribution in [3.63, 3.8) is 0 Å². The zero-order chi connectivity index (χ0) is 19.1. The first-order valence-corrected chi connectivity index (χ1v) is 10.3. The predicted octanol–water partition coefficient (Wildman–Crippen LogP) is 5.47. The van der Waals surface area contributed by atoms with Crippen LogP contribution in [0.5, 0.6) is 0 Å². The fourth-order valence-electron chi connectivity index (χ4n) is 3.81. The van der Waals surface area contributed by atoms with E-state index in [1.54, 1.807) is 6.33 Å². The maximum Gasteiger partial charge on any atom is 0.153 e. The van der Waals surface area contributed by atoms with E-state index in [-0.39, 0.29) is 6.04 Å². The van der Waals surface area contributed by atoms with Gasteiger partial charge in [-0.1, -0.05) is 29.3 Å². The van der Waals surface area contributed by atoms with Crippen molar-refractivity contribution >= 4 is 40.7 Å². The smallest absolute Gasteiger partial charge is 0.153 e. The molecule has 1 atom stereocenters. The van der Waals surface area contributed by atoms with Crippen LogP contribution >= 0.6 is 23.2 Å². The third-order valence-corrected chi connectivity index (χ3v) is 6.14. The van der Waals surface area contributed by atoms with Gasteiger partial charge in [-0.2, -0.15) is 5.10 Å². The van der Waals surface area contributed by atoms with Gasteiger partial charge in [0.25, 0.3) is 0 Å². The van der Waals surface area contributed by atoms with Gasteiger partial charge in [0.2, 0.25) is 0 Å². The number of aromatic nitrogens is 4. The topological polar surface area (TPSA) is 69.7 Å². The number of aromatic amines is 1. The molecule has 1 saturated heterocycles. The van der Waals surface area contributed by atoms with E-state index in [1.807, 2.05) is 24.3 Å². The number of nitrogens with zero attached hydrogens (tertiary/aromatic N) is 4. The minimum absolute atomic E-state index is 0.226. The van der Waals surface area contributed by atoms with Crippen LogP contribution in [0.25, 0.3) is 0 Å². The Balaban J connectivity index is 1.37. The Morgan fingerprint density at radius 1 is 1.00 bits per heavy atom. The molecule has 1 unspecified atom stereocenters. The van der Waals surface area contributed by atoms with Crippen LogP contribution in [0.3, 0.4) is 0 Å². The molecule has 8 heteroatoms. The van der Waals surface area contributed by atoms with Crippen molar-refractivity contribution in [2.45, 2.75) is 37.6 Å². The van der Waals surface area contributed by atoms with E-state index in [4.69, 9.17) is 23.2 Å². The van der Waals surface area contributed by atoms with Crippen molar-refractivity contribution in [1.82, 2.24) is 20.2 Å². The summed E-state index contributed by atoms with van der Waals surface area (Å²) in [5.74, 6) is 3.05. The summed E-state index contributed by atoms with van der Waals surface area (Å²) >= 11 is 12.3. The summed E-state index contributed by atoms with van der Waals surface area (Å²) in [5, 5.41) is 11.9. The number of anilines is 3. The summed E-state index contributed by atoms with van der Waals surface area (Å²) in [5.41, 5.74) is 2.34. The Bertz CT molecular complexity index is 1000. The minimum atomic E-state index is 0.226. The van der Waals surface area contributed by atoms with Crippen LogP contribution in [0.1, 0.15) is 48.9 Å². The average molecular weight is 415 g/mol. The Kier molecular flexibility index (Phi) is 4.61. The van der Waals surface area contributed by atoms with E-state index in [9.17, 15) is 0 Å². The number of halogens is 2. The van der Waals surface area contributed by atoms with Gasteiger partial charge in [0.1, 0.15) is 18.0 Å². The molecule has 0 radical (unpaired) electrons. The van der Waals surface area contributed by atoms with Gasteiger partial charge in [0.05, 0.1) is 16.1 Å². The molecule has 2 aromatic heterocycles. The van der Waals surface area contributed by atoms with E-state index in [0.717, 1.165) is 42.4 Å². The zero-order valence-corrected chi connectivity index (χ0v) is 16.7. The lowest BCUT2D eigenvalue weighted by molar-refractivity contribution is 0.711. The molecule has 1 aromatic carbocycles.